The van der Waals surface area contributed by atoms with Crippen molar-refractivity contribution in [3.63, 3.8) is 0 Å². The van der Waals surface area contributed by atoms with Crippen LogP contribution in [0.2, 0.25) is 0 Å². The molecule has 1 N–H and O–H groups in total. The molecule has 0 saturated heterocycles. The molecule has 0 spiro atoms. The van der Waals surface area contributed by atoms with Crippen molar-refractivity contribution in [3.8, 4) is 0 Å². The van der Waals surface area contributed by atoms with Crippen LogP contribution in [0.5, 0.6) is 0 Å². The van der Waals surface area contributed by atoms with Gasteiger partial charge in [-0.05, 0) is 0 Å². The molecule has 0 bridgehead atoms. The Kier molecular flexibility index (Phi) is 49.8. The normalized spacial score (nSPS) is 4.20. The first kappa shape index (κ1) is 15.6. The Hall–Kier alpha value is 2.70. The first-order chi connectivity index (χ1) is 1.41. The maximum absolute atomic E-state index is 8.46. The summed E-state index contributed by atoms with van der Waals surface area (Å²) in [6.45, 7) is 0. The van der Waals surface area contributed by atoms with Crippen LogP contribution in [-0.4, -0.2) is 4.89 Å². The molecule has 0 amide bonds. The van der Waals surface area contributed by atoms with Crippen molar-refractivity contribution in [1.82, 2.24) is 0 Å². The first-order valence-corrected chi connectivity index (χ1v) is 1.15. The van der Waals surface area contributed by atoms with E-state index in [1.165, 1.54) is 0 Å². The van der Waals surface area contributed by atoms with Gasteiger partial charge in [-0.15, -0.1) is 0 Å². The average Bonchev–Trinajstić information content (AvgIpc) is 0.918. The summed E-state index contributed by atoms with van der Waals surface area (Å²) < 4.78 is 8.46. The van der Waals surface area contributed by atoms with E-state index >= 15 is 0 Å². The number of hydrogen-bond acceptors (Lipinski definition) is 1. The molecule has 0 aromatic carbocycles. The fourth-order valence-electron chi connectivity index (χ4n) is 0. The van der Waals surface area contributed by atoms with E-state index in [-0.39, 0.29) is 83.8 Å². The van der Waals surface area contributed by atoms with E-state index in [4.69, 9.17) is 9.46 Å². The van der Waals surface area contributed by atoms with Crippen LogP contribution in [0.25, 0.3) is 0 Å². The molecule has 0 aromatic heterocycles. The van der Waals surface area contributed by atoms with E-state index in [9.17, 15) is 0 Å². The van der Waals surface area contributed by atoms with E-state index in [1.807, 2.05) is 0 Å². The average molecular weight is 128 g/mol. The molecule has 0 aliphatic rings. The van der Waals surface area contributed by atoms with Crippen molar-refractivity contribution in [2.24, 2.45) is 0 Å². The zero-order valence-corrected chi connectivity index (χ0v) is 9.32. The van der Waals surface area contributed by atoms with Gasteiger partial charge in [0.05, 0.1) is 0 Å². The van der Waals surface area contributed by atoms with Crippen LogP contribution in [0.1, 0.15) is 2.85 Å². The Morgan fingerprint density at radius 1 is 1.80 bits per heavy atom. The van der Waals surface area contributed by atoms with Crippen molar-refractivity contribution < 1.29 is 93.3 Å². The van der Waals surface area contributed by atoms with Crippen molar-refractivity contribution >= 4 is 8.69 Å². The van der Waals surface area contributed by atoms with Gasteiger partial charge in [0.15, 0.2) is 0 Å². The molecule has 0 fully saturated rings. The Bertz CT molecular complexity index is 23.2. The van der Waals surface area contributed by atoms with Gasteiger partial charge in [-0.3, -0.25) is 0 Å². The molecule has 22 valence electrons. The van der Waals surface area contributed by atoms with Crippen molar-refractivity contribution in [2.45, 2.75) is 0 Å². The fraction of sp³-hybridized carbons (Fsp3) is 0. The molecule has 2 nitrogen and oxygen atoms in total. The minimum absolute atomic E-state index is 0. The monoisotopic (exact) mass is 128 g/mol. The molecule has 0 radical (unpaired) electrons. The summed E-state index contributed by atoms with van der Waals surface area (Å²) in [5, 5.41) is 0. The molecule has 0 aliphatic carbocycles. The summed E-state index contributed by atoms with van der Waals surface area (Å²) in [6.07, 6.45) is 0. The van der Waals surface area contributed by atoms with Gasteiger partial charge in [-0.1, -0.05) is 0 Å². The third-order valence-electron chi connectivity index (χ3n) is 0. The zero-order chi connectivity index (χ0) is 2.71. The summed E-state index contributed by atoms with van der Waals surface area (Å²) >= 11 is 0. The molecule has 0 aromatic rings. The Labute approximate surface area is 99.7 Å². The van der Waals surface area contributed by atoms with Gasteiger partial charge in [-0.2, -0.15) is 0 Å². The van der Waals surface area contributed by atoms with Gasteiger partial charge in [-0.25, -0.2) is 4.57 Å². The zero-order valence-electron chi connectivity index (χ0n) is 5.30. The quantitative estimate of drug-likeness (QED) is 0.261. The van der Waals surface area contributed by atoms with E-state index in [0.717, 1.165) is 0 Å². The molecule has 0 saturated carbocycles. The van der Waals surface area contributed by atoms with Crippen LogP contribution in [0.15, 0.2) is 0 Å². The van der Waals surface area contributed by atoms with E-state index in [2.05, 4.69) is 0 Å². The molecule has 0 aliphatic heterocycles. The van der Waals surface area contributed by atoms with Gasteiger partial charge >= 0.3 is 89.6 Å². The van der Waals surface area contributed by atoms with E-state index in [1.54, 1.807) is 0 Å². The maximum Gasteiger partial charge on any atom is 1.00 e. The molecule has 0 unspecified atom stereocenters. The van der Waals surface area contributed by atoms with Crippen LogP contribution in [0.3, 0.4) is 0 Å². The summed E-state index contributed by atoms with van der Waals surface area (Å²) in [5.74, 6) is 0. The topological polar surface area (TPSA) is 37.3 Å². The number of rotatable bonds is 0. The Morgan fingerprint density at radius 3 is 1.80 bits per heavy atom. The minimum Gasteiger partial charge on any atom is -1.00 e. The first-order valence-electron chi connectivity index (χ1n) is 0.383. The molecule has 0 rings (SSSR count). The Balaban J connectivity index is -0.00000000333. The SMILES string of the molecule is O=PO.[H-].[H-].[K+].[Na+]. The smallest absolute Gasteiger partial charge is 1.00 e. The largest absolute Gasteiger partial charge is 1.00 e. The third-order valence-corrected chi connectivity index (χ3v) is 0. The second-order valence-corrected chi connectivity index (χ2v) is 0.245. The van der Waals surface area contributed by atoms with Crippen molar-refractivity contribution in [2.75, 3.05) is 0 Å². The summed E-state index contributed by atoms with van der Waals surface area (Å²) in [4.78, 5) is 6.99. The second-order valence-electron chi connectivity index (χ2n) is 0.0816. The van der Waals surface area contributed by atoms with Crippen LogP contribution in [-0.2, 0) is 4.57 Å². The predicted octanol–water partition coefficient (Wildman–Crippen LogP) is -5.58. The van der Waals surface area contributed by atoms with Crippen molar-refractivity contribution in [1.29, 1.82) is 0 Å². The minimum atomic E-state index is -0.833. The predicted molar refractivity (Wildman–Crippen MR) is 12.0 cm³/mol. The molecular weight excluding hydrogens is 125 g/mol. The molecule has 0 heterocycles. The van der Waals surface area contributed by atoms with Crippen molar-refractivity contribution in [3.05, 3.63) is 0 Å². The van der Waals surface area contributed by atoms with E-state index in [0.29, 0.717) is 0 Å². The standard InChI is InChI=1S/K.Na.HO2P.2H/c;;1-3-2;;/h;;(H,1,2);;/q2*+1;;2*-1. The molecule has 5 heteroatoms. The second kappa shape index (κ2) is 15.9. The van der Waals surface area contributed by atoms with Gasteiger partial charge in [0.2, 0.25) is 0 Å². The van der Waals surface area contributed by atoms with Gasteiger partial charge in [0.25, 0.3) is 0 Å². The van der Waals surface area contributed by atoms with Crippen LogP contribution in [0, 0.1) is 0 Å². The Morgan fingerprint density at radius 2 is 1.80 bits per heavy atom. The van der Waals surface area contributed by atoms with Crippen LogP contribution >= 0.6 is 8.69 Å². The summed E-state index contributed by atoms with van der Waals surface area (Å²) in [7, 11) is -0.833. The van der Waals surface area contributed by atoms with Gasteiger partial charge < -0.3 is 7.75 Å². The van der Waals surface area contributed by atoms with Gasteiger partial charge in [0.1, 0.15) is 0 Å². The van der Waals surface area contributed by atoms with Gasteiger partial charge in [0, 0.05) is 0 Å². The summed E-state index contributed by atoms with van der Waals surface area (Å²) in [6, 6.07) is 0. The van der Waals surface area contributed by atoms with Crippen LogP contribution in [0.4, 0.5) is 0 Å². The maximum atomic E-state index is 8.46. The fourth-order valence-corrected chi connectivity index (χ4v) is 0. The van der Waals surface area contributed by atoms with Crippen LogP contribution < -0.4 is 80.9 Å². The van der Waals surface area contributed by atoms with E-state index < -0.39 is 8.69 Å². The molecule has 0 atom stereocenters. The third kappa shape index (κ3) is 20.3. The summed E-state index contributed by atoms with van der Waals surface area (Å²) in [5.41, 5.74) is 0. The molecule has 5 heavy (non-hydrogen) atoms. The number of hydrogen-bond donors (Lipinski definition) is 1. The molecular formula is H3KNaO2P.